The molecule has 18 heavy (non-hydrogen) atoms. The van der Waals surface area contributed by atoms with Crippen LogP contribution in [0.3, 0.4) is 0 Å². The summed E-state index contributed by atoms with van der Waals surface area (Å²) in [5, 5.41) is 3.03. The molecule has 0 atom stereocenters. The molecule has 1 aromatic heterocycles. The van der Waals surface area contributed by atoms with Crippen molar-refractivity contribution in [3.05, 3.63) is 58.4 Å². The molecule has 1 heterocycles. The lowest BCUT2D eigenvalue weighted by Crippen LogP contribution is -2.12. The lowest BCUT2D eigenvalue weighted by Gasteiger charge is -2.07. The van der Waals surface area contributed by atoms with Gasteiger partial charge in [-0.2, -0.15) is 0 Å². The number of carbonyl (C=O) groups is 1. The van der Waals surface area contributed by atoms with Gasteiger partial charge in [-0.15, -0.1) is 0 Å². The van der Waals surface area contributed by atoms with Crippen molar-refractivity contribution < 1.29 is 4.79 Å². The van der Waals surface area contributed by atoms with Crippen LogP contribution in [0.15, 0.2) is 36.5 Å². The number of aromatic nitrogens is 1. The van der Waals surface area contributed by atoms with E-state index in [0.717, 1.165) is 11.1 Å². The Labute approximate surface area is 111 Å². The molecule has 2 aromatic rings. The Morgan fingerprint density at radius 3 is 2.67 bits per heavy atom. The maximum absolute atomic E-state index is 12.0. The van der Waals surface area contributed by atoms with Crippen LogP contribution in [-0.4, -0.2) is 10.9 Å². The zero-order chi connectivity index (χ0) is 13.1. The summed E-state index contributed by atoms with van der Waals surface area (Å²) in [4.78, 5) is 15.9. The third-order valence-electron chi connectivity index (χ3n) is 2.78. The summed E-state index contributed by atoms with van der Waals surface area (Å²) in [6.45, 7) is 3.98. The van der Waals surface area contributed by atoms with Crippen molar-refractivity contribution in [2.45, 2.75) is 13.8 Å². The Hall–Kier alpha value is -1.87. The molecule has 3 nitrogen and oxygen atoms in total. The number of pyridine rings is 1. The minimum Gasteiger partial charge on any atom is -0.319 e. The molecular formula is C14H13ClN2O. The number of nitrogens with one attached hydrogen (secondary N) is 1. The van der Waals surface area contributed by atoms with E-state index in [1.54, 1.807) is 24.4 Å². The van der Waals surface area contributed by atoms with Gasteiger partial charge in [0.1, 0.15) is 0 Å². The van der Waals surface area contributed by atoms with Gasteiger partial charge in [0.05, 0.1) is 5.69 Å². The summed E-state index contributed by atoms with van der Waals surface area (Å²) in [5.74, 6) is -0.187. The highest BCUT2D eigenvalue weighted by Crippen LogP contribution is 2.19. The van der Waals surface area contributed by atoms with Gasteiger partial charge in [-0.05, 0) is 49.2 Å². The molecule has 0 saturated heterocycles. The van der Waals surface area contributed by atoms with Gasteiger partial charge < -0.3 is 5.32 Å². The first-order valence-corrected chi connectivity index (χ1v) is 5.95. The van der Waals surface area contributed by atoms with Gasteiger partial charge in [-0.3, -0.25) is 4.79 Å². The van der Waals surface area contributed by atoms with Crippen molar-refractivity contribution in [2.75, 3.05) is 5.32 Å². The number of benzene rings is 1. The maximum atomic E-state index is 12.0. The lowest BCUT2D eigenvalue weighted by atomic mass is 10.1. The second-order valence-corrected chi connectivity index (χ2v) is 4.45. The third-order valence-corrected chi connectivity index (χ3v) is 3.08. The Kier molecular flexibility index (Phi) is 3.63. The minimum atomic E-state index is -0.187. The number of anilines is 1. The topological polar surface area (TPSA) is 42.0 Å². The van der Waals surface area contributed by atoms with E-state index in [4.69, 9.17) is 11.6 Å². The van der Waals surface area contributed by atoms with E-state index in [1.807, 2.05) is 26.0 Å². The molecule has 1 N–H and O–H groups in total. The van der Waals surface area contributed by atoms with Gasteiger partial charge >= 0.3 is 0 Å². The minimum absolute atomic E-state index is 0.187. The molecule has 92 valence electrons. The van der Waals surface area contributed by atoms with Crippen molar-refractivity contribution in [1.82, 2.24) is 4.98 Å². The summed E-state index contributed by atoms with van der Waals surface area (Å²) in [5.41, 5.74) is 3.37. The summed E-state index contributed by atoms with van der Waals surface area (Å²) in [6, 6.07) is 9.02. The van der Waals surface area contributed by atoms with Gasteiger partial charge in [-0.1, -0.05) is 17.7 Å². The zero-order valence-corrected chi connectivity index (χ0v) is 11.0. The van der Waals surface area contributed by atoms with Crippen molar-refractivity contribution in [3.63, 3.8) is 0 Å². The van der Waals surface area contributed by atoms with Crippen LogP contribution < -0.4 is 5.32 Å². The van der Waals surface area contributed by atoms with Crippen LogP contribution in [-0.2, 0) is 0 Å². The molecule has 0 aliphatic rings. The van der Waals surface area contributed by atoms with Crippen LogP contribution in [0.25, 0.3) is 0 Å². The molecule has 0 aliphatic heterocycles. The predicted octanol–water partition coefficient (Wildman–Crippen LogP) is 3.60. The monoisotopic (exact) mass is 260 g/mol. The van der Waals surface area contributed by atoms with E-state index in [1.165, 1.54) is 0 Å². The van der Waals surface area contributed by atoms with Crippen LogP contribution >= 0.6 is 11.6 Å². The Morgan fingerprint density at radius 1 is 1.22 bits per heavy atom. The smallest absolute Gasteiger partial charge is 0.255 e. The van der Waals surface area contributed by atoms with Crippen LogP contribution in [0.2, 0.25) is 5.15 Å². The van der Waals surface area contributed by atoms with Crippen molar-refractivity contribution >= 4 is 23.2 Å². The standard InChI is InChI=1S/C14H13ClN2O/c1-9-5-6-11(8-10(9)2)14(18)17-12-4-3-7-16-13(12)15/h3-8H,1-2H3,(H,17,18). The van der Waals surface area contributed by atoms with Crippen molar-refractivity contribution in [2.24, 2.45) is 0 Å². The van der Waals surface area contributed by atoms with Gasteiger partial charge in [-0.25, -0.2) is 4.98 Å². The first-order chi connectivity index (χ1) is 8.58. The highest BCUT2D eigenvalue weighted by molar-refractivity contribution is 6.32. The molecule has 2 rings (SSSR count). The van der Waals surface area contributed by atoms with Crippen molar-refractivity contribution in [3.8, 4) is 0 Å². The molecule has 0 bridgehead atoms. The quantitative estimate of drug-likeness (QED) is 0.839. The Morgan fingerprint density at radius 2 is 2.00 bits per heavy atom. The van der Waals surface area contributed by atoms with E-state index in [-0.39, 0.29) is 11.1 Å². The number of amides is 1. The molecule has 4 heteroatoms. The van der Waals surface area contributed by atoms with E-state index in [0.29, 0.717) is 11.3 Å². The highest BCUT2D eigenvalue weighted by Gasteiger charge is 2.09. The average Bonchev–Trinajstić information content (AvgIpc) is 2.35. The molecule has 0 saturated carbocycles. The average molecular weight is 261 g/mol. The van der Waals surface area contributed by atoms with Crippen LogP contribution in [0, 0.1) is 13.8 Å². The number of rotatable bonds is 2. The van der Waals surface area contributed by atoms with Crippen molar-refractivity contribution in [1.29, 1.82) is 0 Å². The second-order valence-electron chi connectivity index (χ2n) is 4.09. The maximum Gasteiger partial charge on any atom is 0.255 e. The van der Waals surface area contributed by atoms with Gasteiger partial charge in [0.2, 0.25) is 0 Å². The predicted molar refractivity (Wildman–Crippen MR) is 73.1 cm³/mol. The molecule has 1 aromatic carbocycles. The molecule has 0 fully saturated rings. The number of carbonyl (C=O) groups excluding carboxylic acids is 1. The molecule has 0 radical (unpaired) electrons. The summed E-state index contributed by atoms with van der Waals surface area (Å²) < 4.78 is 0. The fourth-order valence-electron chi connectivity index (χ4n) is 1.56. The molecular weight excluding hydrogens is 248 g/mol. The van der Waals surface area contributed by atoms with Gasteiger partial charge in [0.25, 0.3) is 5.91 Å². The fourth-order valence-corrected chi connectivity index (χ4v) is 1.72. The van der Waals surface area contributed by atoms with E-state index in [9.17, 15) is 4.79 Å². The first kappa shape index (κ1) is 12.6. The zero-order valence-electron chi connectivity index (χ0n) is 10.2. The normalized spacial score (nSPS) is 10.2. The van der Waals surface area contributed by atoms with E-state index in [2.05, 4.69) is 10.3 Å². The van der Waals surface area contributed by atoms with E-state index >= 15 is 0 Å². The molecule has 0 spiro atoms. The third kappa shape index (κ3) is 2.68. The van der Waals surface area contributed by atoms with Gasteiger partial charge in [0, 0.05) is 11.8 Å². The van der Waals surface area contributed by atoms with Crippen LogP contribution in [0.4, 0.5) is 5.69 Å². The lowest BCUT2D eigenvalue weighted by molar-refractivity contribution is 0.102. The fraction of sp³-hybridized carbons (Fsp3) is 0.143. The van der Waals surface area contributed by atoms with Crippen LogP contribution in [0.5, 0.6) is 0 Å². The summed E-state index contributed by atoms with van der Waals surface area (Å²) in [6.07, 6.45) is 1.58. The first-order valence-electron chi connectivity index (χ1n) is 5.57. The second kappa shape index (κ2) is 5.19. The van der Waals surface area contributed by atoms with E-state index < -0.39 is 0 Å². The molecule has 0 aliphatic carbocycles. The molecule has 0 unspecified atom stereocenters. The number of hydrogen-bond donors (Lipinski definition) is 1. The number of aryl methyl sites for hydroxylation is 2. The number of hydrogen-bond acceptors (Lipinski definition) is 2. The summed E-state index contributed by atoms with van der Waals surface area (Å²) in [7, 11) is 0. The highest BCUT2D eigenvalue weighted by atomic mass is 35.5. The summed E-state index contributed by atoms with van der Waals surface area (Å²) >= 11 is 5.89. The Bertz CT molecular complexity index is 596. The van der Waals surface area contributed by atoms with Gasteiger partial charge in [0.15, 0.2) is 5.15 Å². The Balaban J connectivity index is 2.22. The largest absolute Gasteiger partial charge is 0.319 e. The number of nitrogens with zero attached hydrogens (tertiary/aromatic N) is 1. The molecule has 1 amide bonds. The SMILES string of the molecule is Cc1ccc(C(=O)Nc2cccnc2Cl)cc1C. The number of halogens is 1. The van der Waals surface area contributed by atoms with Crippen LogP contribution in [0.1, 0.15) is 21.5 Å².